The minimum Gasteiger partial charge on any atom is -0.444 e. The van der Waals surface area contributed by atoms with E-state index in [0.717, 1.165) is 17.3 Å². The fourth-order valence-corrected chi connectivity index (χ4v) is 2.65. The highest BCUT2D eigenvalue weighted by Crippen LogP contribution is 2.24. The number of halogens is 3. The van der Waals surface area contributed by atoms with Gasteiger partial charge in [0.05, 0.1) is 5.69 Å². The summed E-state index contributed by atoms with van der Waals surface area (Å²) >= 11 is 5.88. The standard InChI is InChI=1S/C19H17ClF2N2O/c1-12(14-5-8-17(21)18(22)9-14)24(2)10-16-11-25-19(23-16)13-3-6-15(20)7-4-13/h3-9,11-12H,10H2,1-2H3/t12-/m1/s1. The van der Waals surface area contributed by atoms with E-state index in [0.29, 0.717) is 23.0 Å². The molecule has 0 unspecified atom stereocenters. The molecule has 0 fully saturated rings. The Labute approximate surface area is 149 Å². The fourth-order valence-electron chi connectivity index (χ4n) is 2.52. The third kappa shape index (κ3) is 4.06. The average molecular weight is 363 g/mol. The maximum atomic E-state index is 13.4. The number of oxazole rings is 1. The van der Waals surface area contributed by atoms with Gasteiger partial charge in [-0.15, -0.1) is 0 Å². The van der Waals surface area contributed by atoms with Gasteiger partial charge < -0.3 is 4.42 Å². The zero-order chi connectivity index (χ0) is 18.0. The molecule has 6 heteroatoms. The predicted molar refractivity (Wildman–Crippen MR) is 93.2 cm³/mol. The van der Waals surface area contributed by atoms with Crippen LogP contribution < -0.4 is 0 Å². The number of nitrogens with zero attached hydrogens (tertiary/aromatic N) is 2. The molecule has 1 aromatic heterocycles. The molecule has 0 amide bonds. The molecule has 1 atom stereocenters. The van der Waals surface area contributed by atoms with E-state index in [4.69, 9.17) is 16.0 Å². The van der Waals surface area contributed by atoms with E-state index in [-0.39, 0.29) is 6.04 Å². The highest BCUT2D eigenvalue weighted by molar-refractivity contribution is 6.30. The molecule has 1 heterocycles. The van der Waals surface area contributed by atoms with Gasteiger partial charge in [0.2, 0.25) is 5.89 Å². The molecule has 0 spiro atoms. The lowest BCUT2D eigenvalue weighted by atomic mass is 10.1. The summed E-state index contributed by atoms with van der Waals surface area (Å²) in [5, 5.41) is 0.649. The maximum absolute atomic E-state index is 13.4. The second-order valence-electron chi connectivity index (χ2n) is 5.92. The lowest BCUT2D eigenvalue weighted by molar-refractivity contribution is 0.249. The van der Waals surface area contributed by atoms with Crippen LogP contribution in [0.25, 0.3) is 11.5 Å². The molecular weight excluding hydrogens is 346 g/mol. The Balaban J connectivity index is 1.71. The lowest BCUT2D eigenvalue weighted by Crippen LogP contribution is -2.22. The summed E-state index contributed by atoms with van der Waals surface area (Å²) < 4.78 is 32.0. The quantitative estimate of drug-likeness (QED) is 0.603. The Morgan fingerprint density at radius 1 is 1.12 bits per heavy atom. The van der Waals surface area contributed by atoms with Crippen LogP contribution in [0, 0.1) is 11.6 Å². The van der Waals surface area contributed by atoms with Crippen LogP contribution in [-0.2, 0) is 6.54 Å². The van der Waals surface area contributed by atoms with Crippen LogP contribution in [0.1, 0.15) is 24.2 Å². The summed E-state index contributed by atoms with van der Waals surface area (Å²) in [4.78, 5) is 6.45. The van der Waals surface area contributed by atoms with E-state index in [1.807, 2.05) is 31.0 Å². The van der Waals surface area contributed by atoms with Gasteiger partial charge in [0.1, 0.15) is 6.26 Å². The Morgan fingerprint density at radius 3 is 2.52 bits per heavy atom. The minimum absolute atomic E-state index is 0.106. The van der Waals surface area contributed by atoms with Crippen molar-refractivity contribution in [3.8, 4) is 11.5 Å². The first-order chi connectivity index (χ1) is 11.9. The molecule has 3 aromatic rings. The van der Waals surface area contributed by atoms with Crippen molar-refractivity contribution < 1.29 is 13.2 Å². The van der Waals surface area contributed by atoms with Crippen molar-refractivity contribution in [3.63, 3.8) is 0 Å². The van der Waals surface area contributed by atoms with Crippen molar-refractivity contribution in [1.82, 2.24) is 9.88 Å². The van der Waals surface area contributed by atoms with Crippen LogP contribution in [-0.4, -0.2) is 16.9 Å². The van der Waals surface area contributed by atoms with Crippen LogP contribution in [0.15, 0.2) is 53.1 Å². The number of hydrogen-bond acceptors (Lipinski definition) is 3. The zero-order valence-electron chi connectivity index (χ0n) is 13.8. The van der Waals surface area contributed by atoms with Crippen molar-refractivity contribution in [2.75, 3.05) is 7.05 Å². The summed E-state index contributed by atoms with van der Waals surface area (Å²) in [6, 6.07) is 11.1. The molecule has 0 N–H and O–H groups in total. The van der Waals surface area contributed by atoms with Crippen molar-refractivity contribution in [2.24, 2.45) is 0 Å². The molecule has 0 radical (unpaired) electrons. The normalized spacial score (nSPS) is 12.6. The third-order valence-corrected chi connectivity index (χ3v) is 4.39. The fraction of sp³-hybridized carbons (Fsp3) is 0.211. The molecule has 0 saturated heterocycles. The molecule has 2 aromatic carbocycles. The Kier molecular flexibility index (Phi) is 5.16. The molecule has 0 saturated carbocycles. The second kappa shape index (κ2) is 7.33. The van der Waals surface area contributed by atoms with Gasteiger partial charge in [-0.3, -0.25) is 4.90 Å². The van der Waals surface area contributed by atoms with Gasteiger partial charge in [-0.25, -0.2) is 13.8 Å². The van der Waals surface area contributed by atoms with E-state index in [1.54, 1.807) is 24.5 Å². The first kappa shape index (κ1) is 17.6. The van der Waals surface area contributed by atoms with Crippen LogP contribution >= 0.6 is 11.6 Å². The SMILES string of the molecule is C[C@H](c1ccc(F)c(F)c1)N(C)Cc1coc(-c2ccc(Cl)cc2)n1. The summed E-state index contributed by atoms with van der Waals surface area (Å²) in [6.45, 7) is 2.43. The smallest absolute Gasteiger partial charge is 0.226 e. The molecule has 3 nitrogen and oxygen atoms in total. The van der Waals surface area contributed by atoms with Gasteiger partial charge >= 0.3 is 0 Å². The van der Waals surface area contributed by atoms with Gasteiger partial charge in [0, 0.05) is 23.2 Å². The molecule has 0 aliphatic carbocycles. The van der Waals surface area contributed by atoms with E-state index >= 15 is 0 Å². The van der Waals surface area contributed by atoms with Gasteiger partial charge in [-0.2, -0.15) is 0 Å². The van der Waals surface area contributed by atoms with Gasteiger partial charge in [-0.05, 0) is 55.9 Å². The molecular formula is C19H17ClF2N2O. The number of benzene rings is 2. The van der Waals surface area contributed by atoms with Crippen molar-refractivity contribution in [1.29, 1.82) is 0 Å². The molecule has 25 heavy (non-hydrogen) atoms. The van der Waals surface area contributed by atoms with E-state index in [2.05, 4.69) is 4.98 Å². The minimum atomic E-state index is -0.845. The second-order valence-corrected chi connectivity index (χ2v) is 6.35. The first-order valence-corrected chi connectivity index (χ1v) is 8.17. The summed E-state index contributed by atoms with van der Waals surface area (Å²) in [5.74, 6) is -1.17. The molecule has 3 rings (SSSR count). The summed E-state index contributed by atoms with van der Waals surface area (Å²) in [6.07, 6.45) is 1.60. The number of hydrogen-bond donors (Lipinski definition) is 0. The molecule has 0 aliphatic rings. The molecule has 0 bridgehead atoms. The largest absolute Gasteiger partial charge is 0.444 e. The predicted octanol–water partition coefficient (Wildman–Crippen LogP) is 5.47. The van der Waals surface area contributed by atoms with Crippen LogP contribution in [0.4, 0.5) is 8.78 Å². The number of aromatic nitrogens is 1. The van der Waals surface area contributed by atoms with Crippen LogP contribution in [0.3, 0.4) is 0 Å². The van der Waals surface area contributed by atoms with Crippen molar-refractivity contribution in [3.05, 3.63) is 76.6 Å². The van der Waals surface area contributed by atoms with E-state index in [1.165, 1.54) is 6.07 Å². The Hall–Kier alpha value is -2.24. The van der Waals surface area contributed by atoms with E-state index < -0.39 is 11.6 Å². The van der Waals surface area contributed by atoms with Gasteiger partial charge in [0.15, 0.2) is 11.6 Å². The molecule has 0 aliphatic heterocycles. The number of rotatable bonds is 5. The zero-order valence-corrected chi connectivity index (χ0v) is 14.6. The van der Waals surface area contributed by atoms with Gasteiger partial charge in [-0.1, -0.05) is 17.7 Å². The monoisotopic (exact) mass is 362 g/mol. The topological polar surface area (TPSA) is 29.3 Å². The van der Waals surface area contributed by atoms with E-state index in [9.17, 15) is 8.78 Å². The van der Waals surface area contributed by atoms with Crippen LogP contribution in [0.2, 0.25) is 5.02 Å². The third-order valence-electron chi connectivity index (χ3n) is 4.14. The van der Waals surface area contributed by atoms with Crippen molar-refractivity contribution in [2.45, 2.75) is 19.5 Å². The highest BCUT2D eigenvalue weighted by atomic mass is 35.5. The van der Waals surface area contributed by atoms with Crippen LogP contribution in [0.5, 0.6) is 0 Å². The summed E-state index contributed by atoms with van der Waals surface area (Å²) in [5.41, 5.74) is 2.29. The highest BCUT2D eigenvalue weighted by Gasteiger charge is 2.16. The first-order valence-electron chi connectivity index (χ1n) is 7.79. The lowest BCUT2D eigenvalue weighted by Gasteiger charge is -2.24. The maximum Gasteiger partial charge on any atom is 0.226 e. The summed E-state index contributed by atoms with van der Waals surface area (Å²) in [7, 11) is 1.89. The Morgan fingerprint density at radius 2 is 1.84 bits per heavy atom. The Bertz CT molecular complexity index is 864. The molecule has 130 valence electrons. The van der Waals surface area contributed by atoms with Crippen molar-refractivity contribution >= 4 is 11.6 Å². The van der Waals surface area contributed by atoms with Gasteiger partial charge in [0.25, 0.3) is 0 Å². The average Bonchev–Trinajstić information content (AvgIpc) is 3.05.